The van der Waals surface area contributed by atoms with E-state index in [1.807, 2.05) is 12.1 Å². The lowest BCUT2D eigenvalue weighted by molar-refractivity contribution is 0.122. The number of nitrogens with one attached hydrogen (secondary N) is 1. The fraction of sp³-hybridized carbons (Fsp3) is 0.211. The molecular weight excluding hydrogens is 370 g/mol. The third kappa shape index (κ3) is 3.41. The SMILES string of the molecule is Nc1ncc(-c2cnc(Nc3ccc(N4CCOCC4)cc3)c3ncnn23)cn1. The number of aromatic nitrogens is 6. The molecule has 0 spiro atoms. The highest BCUT2D eigenvalue weighted by molar-refractivity contribution is 5.73. The number of benzene rings is 1. The zero-order chi connectivity index (χ0) is 19.6. The minimum Gasteiger partial charge on any atom is -0.378 e. The van der Waals surface area contributed by atoms with E-state index < -0.39 is 0 Å². The molecule has 4 heterocycles. The van der Waals surface area contributed by atoms with Crippen molar-refractivity contribution in [3.05, 3.63) is 49.2 Å². The molecule has 29 heavy (non-hydrogen) atoms. The summed E-state index contributed by atoms with van der Waals surface area (Å²) in [6, 6.07) is 8.24. The molecule has 0 aliphatic carbocycles. The first kappa shape index (κ1) is 17.3. The molecular formula is C19H19N9O. The second-order valence-electron chi connectivity index (χ2n) is 6.59. The van der Waals surface area contributed by atoms with E-state index in [0.29, 0.717) is 11.5 Å². The highest BCUT2D eigenvalue weighted by atomic mass is 16.5. The lowest BCUT2D eigenvalue weighted by Crippen LogP contribution is -2.36. The summed E-state index contributed by atoms with van der Waals surface area (Å²) in [5.74, 6) is 0.831. The minimum absolute atomic E-state index is 0.218. The fourth-order valence-corrected chi connectivity index (χ4v) is 3.29. The highest BCUT2D eigenvalue weighted by Gasteiger charge is 2.14. The largest absolute Gasteiger partial charge is 0.378 e. The zero-order valence-electron chi connectivity index (χ0n) is 15.6. The maximum absolute atomic E-state index is 5.57. The highest BCUT2D eigenvalue weighted by Crippen LogP contribution is 2.25. The molecule has 1 aliphatic rings. The number of hydrogen-bond donors (Lipinski definition) is 2. The molecule has 0 bridgehead atoms. The predicted octanol–water partition coefficient (Wildman–Crippen LogP) is 1.74. The molecule has 0 saturated carbocycles. The monoisotopic (exact) mass is 389 g/mol. The third-order valence-corrected chi connectivity index (χ3v) is 4.78. The molecule has 5 rings (SSSR count). The number of anilines is 4. The lowest BCUT2D eigenvalue weighted by atomic mass is 10.2. The lowest BCUT2D eigenvalue weighted by Gasteiger charge is -2.28. The van der Waals surface area contributed by atoms with Crippen LogP contribution in [0.2, 0.25) is 0 Å². The van der Waals surface area contributed by atoms with Crippen molar-refractivity contribution in [2.24, 2.45) is 0 Å². The van der Waals surface area contributed by atoms with Crippen molar-refractivity contribution in [1.29, 1.82) is 0 Å². The van der Waals surface area contributed by atoms with Crippen LogP contribution in [0.5, 0.6) is 0 Å². The molecule has 10 heteroatoms. The van der Waals surface area contributed by atoms with Gasteiger partial charge in [-0.3, -0.25) is 0 Å². The number of hydrogen-bond acceptors (Lipinski definition) is 9. The summed E-state index contributed by atoms with van der Waals surface area (Å²) in [5.41, 5.74) is 9.76. The first-order valence-corrected chi connectivity index (χ1v) is 9.24. The van der Waals surface area contributed by atoms with E-state index in [1.54, 1.807) is 23.1 Å². The third-order valence-electron chi connectivity index (χ3n) is 4.78. The van der Waals surface area contributed by atoms with Crippen LogP contribution in [0.15, 0.2) is 49.2 Å². The Kier molecular flexibility index (Phi) is 4.37. The Morgan fingerprint density at radius 3 is 2.45 bits per heavy atom. The van der Waals surface area contributed by atoms with Crippen LogP contribution >= 0.6 is 0 Å². The Morgan fingerprint density at radius 1 is 0.931 bits per heavy atom. The second kappa shape index (κ2) is 7.32. The van der Waals surface area contributed by atoms with Gasteiger partial charge >= 0.3 is 0 Å². The number of morpholine rings is 1. The molecule has 1 aromatic carbocycles. The summed E-state index contributed by atoms with van der Waals surface area (Å²) in [6.07, 6.45) is 6.47. The number of rotatable bonds is 4. The Labute approximate surface area is 166 Å². The summed E-state index contributed by atoms with van der Waals surface area (Å²) in [6.45, 7) is 3.34. The summed E-state index contributed by atoms with van der Waals surface area (Å²) in [7, 11) is 0. The van der Waals surface area contributed by atoms with Gasteiger partial charge in [0.1, 0.15) is 6.33 Å². The molecule has 4 aromatic rings. The average molecular weight is 389 g/mol. The Balaban J connectivity index is 1.42. The second-order valence-corrected chi connectivity index (χ2v) is 6.59. The van der Waals surface area contributed by atoms with E-state index in [4.69, 9.17) is 10.5 Å². The van der Waals surface area contributed by atoms with Gasteiger partial charge in [-0.2, -0.15) is 5.10 Å². The molecule has 146 valence electrons. The van der Waals surface area contributed by atoms with E-state index in [9.17, 15) is 0 Å². The number of nitrogens with two attached hydrogens (primary N) is 1. The molecule has 0 radical (unpaired) electrons. The fourth-order valence-electron chi connectivity index (χ4n) is 3.29. The van der Waals surface area contributed by atoms with E-state index >= 15 is 0 Å². The zero-order valence-corrected chi connectivity index (χ0v) is 15.6. The Morgan fingerprint density at radius 2 is 1.69 bits per heavy atom. The van der Waals surface area contributed by atoms with Gasteiger partial charge in [-0.05, 0) is 24.3 Å². The summed E-state index contributed by atoms with van der Waals surface area (Å²) in [5, 5.41) is 7.64. The van der Waals surface area contributed by atoms with Crippen molar-refractivity contribution < 1.29 is 4.74 Å². The van der Waals surface area contributed by atoms with Crippen LogP contribution in [0.4, 0.5) is 23.1 Å². The van der Waals surface area contributed by atoms with E-state index in [-0.39, 0.29) is 5.95 Å². The molecule has 10 nitrogen and oxygen atoms in total. The van der Waals surface area contributed by atoms with E-state index in [0.717, 1.165) is 43.2 Å². The van der Waals surface area contributed by atoms with Crippen molar-refractivity contribution in [2.45, 2.75) is 0 Å². The molecule has 0 amide bonds. The standard InChI is InChI=1S/C19H19N9O/c20-19-22-9-13(10-23-19)16-11-21-17(18-24-12-25-28(16)18)26-14-1-3-15(4-2-14)27-5-7-29-8-6-27/h1-4,9-12H,5-8H2,(H,21,26)(H2,20,22,23). The van der Waals surface area contributed by atoms with Gasteiger partial charge in [0, 0.05) is 42.4 Å². The number of ether oxygens (including phenoxy) is 1. The maximum Gasteiger partial charge on any atom is 0.219 e. The summed E-state index contributed by atoms with van der Waals surface area (Å²) in [4.78, 5) is 19.3. The van der Waals surface area contributed by atoms with Crippen LogP contribution in [0.25, 0.3) is 16.9 Å². The number of nitrogens with zero attached hydrogens (tertiary/aromatic N) is 7. The van der Waals surface area contributed by atoms with Crippen molar-refractivity contribution >= 4 is 28.8 Å². The smallest absolute Gasteiger partial charge is 0.219 e. The quantitative estimate of drug-likeness (QED) is 0.538. The topological polar surface area (TPSA) is 119 Å². The van der Waals surface area contributed by atoms with E-state index in [2.05, 4.69) is 47.4 Å². The van der Waals surface area contributed by atoms with Crippen LogP contribution < -0.4 is 16.0 Å². The Hall–Kier alpha value is -3.79. The van der Waals surface area contributed by atoms with Crippen LogP contribution in [-0.4, -0.2) is 55.9 Å². The predicted molar refractivity (Wildman–Crippen MR) is 109 cm³/mol. The van der Waals surface area contributed by atoms with Gasteiger partial charge < -0.3 is 20.7 Å². The minimum atomic E-state index is 0.218. The molecule has 0 atom stereocenters. The number of fused-ring (bicyclic) bond motifs is 1. The Bertz CT molecular complexity index is 1120. The molecule has 1 fully saturated rings. The summed E-state index contributed by atoms with van der Waals surface area (Å²) >= 11 is 0. The van der Waals surface area contributed by atoms with Gasteiger partial charge in [-0.25, -0.2) is 24.5 Å². The van der Waals surface area contributed by atoms with Gasteiger partial charge in [0.2, 0.25) is 5.95 Å². The van der Waals surface area contributed by atoms with Crippen LogP contribution in [0.3, 0.4) is 0 Å². The van der Waals surface area contributed by atoms with Gasteiger partial charge in [0.05, 0.1) is 25.1 Å². The normalized spacial score (nSPS) is 14.3. The van der Waals surface area contributed by atoms with Crippen LogP contribution in [0.1, 0.15) is 0 Å². The molecule has 1 aliphatic heterocycles. The molecule has 0 unspecified atom stereocenters. The van der Waals surface area contributed by atoms with Gasteiger partial charge in [-0.1, -0.05) is 0 Å². The van der Waals surface area contributed by atoms with Crippen molar-refractivity contribution in [2.75, 3.05) is 42.3 Å². The number of nitrogen functional groups attached to an aromatic ring is 1. The molecule has 3 N–H and O–H groups in total. The van der Waals surface area contributed by atoms with Crippen molar-refractivity contribution in [3.63, 3.8) is 0 Å². The van der Waals surface area contributed by atoms with Crippen molar-refractivity contribution in [1.82, 2.24) is 29.5 Å². The van der Waals surface area contributed by atoms with Gasteiger partial charge in [-0.15, -0.1) is 0 Å². The summed E-state index contributed by atoms with van der Waals surface area (Å²) < 4.78 is 7.11. The first-order chi connectivity index (χ1) is 14.3. The average Bonchev–Trinajstić information content (AvgIpc) is 3.26. The van der Waals surface area contributed by atoms with Gasteiger partial charge in [0.25, 0.3) is 0 Å². The molecule has 1 saturated heterocycles. The molecule has 3 aromatic heterocycles. The van der Waals surface area contributed by atoms with E-state index in [1.165, 1.54) is 12.0 Å². The van der Waals surface area contributed by atoms with Crippen LogP contribution in [-0.2, 0) is 4.74 Å². The first-order valence-electron chi connectivity index (χ1n) is 9.24. The van der Waals surface area contributed by atoms with Crippen LogP contribution in [0, 0.1) is 0 Å². The maximum atomic E-state index is 5.57. The van der Waals surface area contributed by atoms with Gasteiger partial charge in [0.15, 0.2) is 11.5 Å². The van der Waals surface area contributed by atoms with Crippen molar-refractivity contribution in [3.8, 4) is 11.3 Å².